The number of rotatable bonds is 2. The van der Waals surface area contributed by atoms with Crippen LogP contribution in [-0.2, 0) is 4.79 Å². The van der Waals surface area contributed by atoms with Gasteiger partial charge in [0.25, 0.3) is 5.78 Å². The van der Waals surface area contributed by atoms with Crippen molar-refractivity contribution in [1.29, 1.82) is 0 Å². The van der Waals surface area contributed by atoms with Crippen molar-refractivity contribution in [3.05, 3.63) is 40.5 Å². The topological polar surface area (TPSA) is 37.3 Å². The second-order valence-electron chi connectivity index (χ2n) is 4.17. The molecular formula is C13H13F3O2. The molecule has 0 aliphatic carbocycles. The first-order valence-electron chi connectivity index (χ1n) is 5.23. The number of aliphatic hydroxyl groups excluding tert-OH is 1. The third kappa shape index (κ3) is 3.12. The van der Waals surface area contributed by atoms with Gasteiger partial charge in [-0.25, -0.2) is 0 Å². The van der Waals surface area contributed by atoms with Crippen molar-refractivity contribution in [1.82, 2.24) is 0 Å². The van der Waals surface area contributed by atoms with Crippen molar-refractivity contribution in [3.8, 4) is 0 Å². The van der Waals surface area contributed by atoms with E-state index in [4.69, 9.17) is 0 Å². The van der Waals surface area contributed by atoms with Crippen LogP contribution in [0.4, 0.5) is 13.2 Å². The molecule has 1 aromatic carbocycles. The molecule has 0 unspecified atom stereocenters. The lowest BCUT2D eigenvalue weighted by atomic mass is 9.98. The number of allylic oxidation sites excluding steroid dienone is 1. The van der Waals surface area contributed by atoms with E-state index in [1.807, 2.05) is 6.92 Å². The Labute approximate surface area is 103 Å². The summed E-state index contributed by atoms with van der Waals surface area (Å²) in [6.45, 7) is 5.17. The Hall–Kier alpha value is -1.78. The number of halogens is 3. The van der Waals surface area contributed by atoms with E-state index in [2.05, 4.69) is 0 Å². The first-order chi connectivity index (χ1) is 8.12. The zero-order valence-corrected chi connectivity index (χ0v) is 10.2. The molecule has 0 aliphatic rings. The maximum atomic E-state index is 12.1. The molecule has 1 aromatic rings. The highest BCUT2D eigenvalue weighted by Gasteiger charge is 2.37. The van der Waals surface area contributed by atoms with Crippen LogP contribution in [0.25, 0.3) is 5.76 Å². The summed E-state index contributed by atoms with van der Waals surface area (Å²) >= 11 is 0. The van der Waals surface area contributed by atoms with Crippen LogP contribution < -0.4 is 0 Å². The van der Waals surface area contributed by atoms with Gasteiger partial charge in [0.1, 0.15) is 5.76 Å². The van der Waals surface area contributed by atoms with Crippen molar-refractivity contribution < 1.29 is 23.1 Å². The van der Waals surface area contributed by atoms with Gasteiger partial charge in [0.05, 0.1) is 0 Å². The van der Waals surface area contributed by atoms with E-state index >= 15 is 0 Å². The van der Waals surface area contributed by atoms with E-state index in [9.17, 15) is 23.1 Å². The van der Waals surface area contributed by atoms with Gasteiger partial charge in [-0.1, -0.05) is 17.7 Å². The molecule has 18 heavy (non-hydrogen) atoms. The second kappa shape index (κ2) is 4.84. The van der Waals surface area contributed by atoms with Crippen LogP contribution in [0.2, 0.25) is 0 Å². The number of aryl methyl sites for hydroxylation is 3. The predicted molar refractivity (Wildman–Crippen MR) is 62.3 cm³/mol. The van der Waals surface area contributed by atoms with Crippen LogP contribution in [0, 0.1) is 20.8 Å². The normalized spacial score (nSPS) is 12.7. The van der Waals surface area contributed by atoms with Gasteiger partial charge in [0, 0.05) is 11.6 Å². The monoisotopic (exact) mass is 258 g/mol. The number of ketones is 1. The number of carbonyl (C=O) groups is 1. The van der Waals surface area contributed by atoms with Crippen molar-refractivity contribution in [2.45, 2.75) is 26.9 Å². The number of hydrogen-bond donors (Lipinski definition) is 1. The van der Waals surface area contributed by atoms with Gasteiger partial charge < -0.3 is 5.11 Å². The third-order valence-electron chi connectivity index (χ3n) is 2.48. The number of alkyl halides is 3. The summed E-state index contributed by atoms with van der Waals surface area (Å²) in [5, 5.41) is 9.65. The first kappa shape index (κ1) is 14.3. The zero-order chi connectivity index (χ0) is 14.1. The molecule has 1 rings (SSSR count). The Bertz CT molecular complexity index is 490. The summed E-state index contributed by atoms with van der Waals surface area (Å²) in [6.07, 6.45) is -4.76. The van der Waals surface area contributed by atoms with Crippen molar-refractivity contribution in [3.63, 3.8) is 0 Å². The quantitative estimate of drug-likeness (QED) is 0.649. The maximum Gasteiger partial charge on any atom is 0.454 e. The zero-order valence-electron chi connectivity index (χ0n) is 10.2. The maximum absolute atomic E-state index is 12.1. The average molecular weight is 258 g/mol. The van der Waals surface area contributed by atoms with Crippen LogP contribution in [0.15, 0.2) is 18.2 Å². The molecule has 1 N–H and O–H groups in total. The van der Waals surface area contributed by atoms with Gasteiger partial charge >= 0.3 is 6.18 Å². The van der Waals surface area contributed by atoms with Crippen molar-refractivity contribution in [2.24, 2.45) is 0 Å². The predicted octanol–water partition coefficient (Wildman–Crippen LogP) is 3.64. The molecule has 0 amide bonds. The van der Waals surface area contributed by atoms with E-state index in [-0.39, 0.29) is 11.6 Å². The fourth-order valence-electron chi connectivity index (χ4n) is 1.86. The van der Waals surface area contributed by atoms with Crippen molar-refractivity contribution in [2.75, 3.05) is 0 Å². The first-order valence-corrected chi connectivity index (χ1v) is 5.23. The standard InChI is InChI=1S/C13H13F3O2/c1-7-4-8(2)12(9(3)5-7)10(17)6-11(18)13(14,15)16/h4-6,17H,1-3H3. The molecule has 0 spiro atoms. The van der Waals surface area contributed by atoms with E-state index in [0.717, 1.165) is 5.56 Å². The van der Waals surface area contributed by atoms with Crippen molar-refractivity contribution >= 4 is 11.5 Å². The molecule has 0 saturated heterocycles. The summed E-state index contributed by atoms with van der Waals surface area (Å²) in [5.41, 5.74) is 2.44. The summed E-state index contributed by atoms with van der Waals surface area (Å²) in [4.78, 5) is 10.8. The lowest BCUT2D eigenvalue weighted by Crippen LogP contribution is -2.20. The van der Waals surface area contributed by atoms with E-state index in [1.165, 1.54) is 0 Å². The summed E-state index contributed by atoms with van der Waals surface area (Å²) in [7, 11) is 0. The Morgan fingerprint density at radius 1 is 1.17 bits per heavy atom. The fraction of sp³-hybridized carbons (Fsp3) is 0.308. The molecule has 0 fully saturated rings. The molecule has 0 bridgehead atoms. The molecule has 98 valence electrons. The minimum atomic E-state index is -4.97. The highest BCUT2D eigenvalue weighted by Crippen LogP contribution is 2.25. The molecule has 2 nitrogen and oxygen atoms in total. The lowest BCUT2D eigenvalue weighted by Gasteiger charge is -2.10. The Morgan fingerprint density at radius 3 is 2.00 bits per heavy atom. The third-order valence-corrected chi connectivity index (χ3v) is 2.48. The molecule has 0 aliphatic heterocycles. The Balaban J connectivity index is 3.24. The molecule has 0 radical (unpaired) electrons. The van der Waals surface area contributed by atoms with Crippen LogP contribution in [0.3, 0.4) is 0 Å². The molecule has 0 heterocycles. The highest BCUT2D eigenvalue weighted by atomic mass is 19.4. The molecular weight excluding hydrogens is 245 g/mol. The van der Waals surface area contributed by atoms with Crippen LogP contribution in [0.5, 0.6) is 0 Å². The SMILES string of the molecule is Cc1cc(C)c(C(O)=CC(=O)C(F)(F)F)c(C)c1. The number of carbonyl (C=O) groups excluding carboxylic acids is 1. The molecule has 0 aromatic heterocycles. The molecule has 0 saturated carbocycles. The lowest BCUT2D eigenvalue weighted by molar-refractivity contribution is -0.165. The van der Waals surface area contributed by atoms with E-state index in [1.54, 1.807) is 26.0 Å². The smallest absolute Gasteiger partial charge is 0.454 e. The van der Waals surface area contributed by atoms with Gasteiger partial charge in [-0.3, -0.25) is 4.79 Å². The van der Waals surface area contributed by atoms with E-state index in [0.29, 0.717) is 11.1 Å². The van der Waals surface area contributed by atoms with Gasteiger partial charge in [-0.2, -0.15) is 13.2 Å². The number of benzene rings is 1. The van der Waals surface area contributed by atoms with Gasteiger partial charge in [-0.15, -0.1) is 0 Å². The van der Waals surface area contributed by atoms with Crippen LogP contribution >= 0.6 is 0 Å². The molecule has 5 heteroatoms. The van der Waals surface area contributed by atoms with Crippen LogP contribution in [0.1, 0.15) is 22.3 Å². The van der Waals surface area contributed by atoms with Gasteiger partial charge in [0.15, 0.2) is 0 Å². The summed E-state index contributed by atoms with van der Waals surface area (Å²) < 4.78 is 36.3. The number of aliphatic hydroxyl groups is 1. The summed E-state index contributed by atoms with van der Waals surface area (Å²) in [5.74, 6) is -2.73. The Morgan fingerprint density at radius 2 is 1.61 bits per heavy atom. The number of hydrogen-bond acceptors (Lipinski definition) is 2. The second-order valence-corrected chi connectivity index (χ2v) is 4.17. The minimum absolute atomic E-state index is 0.213. The van der Waals surface area contributed by atoms with Gasteiger partial charge in [-0.05, 0) is 31.9 Å². The molecule has 0 atom stereocenters. The van der Waals surface area contributed by atoms with E-state index < -0.39 is 17.7 Å². The largest absolute Gasteiger partial charge is 0.507 e. The fourth-order valence-corrected chi connectivity index (χ4v) is 1.86. The average Bonchev–Trinajstić information content (AvgIpc) is 2.13. The minimum Gasteiger partial charge on any atom is -0.507 e. The Kier molecular flexibility index (Phi) is 3.84. The highest BCUT2D eigenvalue weighted by molar-refractivity contribution is 5.99. The summed E-state index contributed by atoms with van der Waals surface area (Å²) in [6, 6.07) is 3.45. The van der Waals surface area contributed by atoms with Crippen LogP contribution in [-0.4, -0.2) is 17.1 Å². The van der Waals surface area contributed by atoms with Gasteiger partial charge in [0.2, 0.25) is 0 Å².